The maximum absolute atomic E-state index is 4.54. The maximum atomic E-state index is 4.54. The summed E-state index contributed by atoms with van der Waals surface area (Å²) in [6, 6.07) is 6.76. The zero-order valence-corrected chi connectivity index (χ0v) is 16.2. The van der Waals surface area contributed by atoms with Gasteiger partial charge in [0.1, 0.15) is 5.82 Å². The van der Waals surface area contributed by atoms with E-state index in [0.29, 0.717) is 0 Å². The number of imidazole rings is 1. The first kappa shape index (κ1) is 17.0. The molecule has 0 aliphatic rings. The predicted octanol–water partition coefficient (Wildman–Crippen LogP) is 4.55. The third kappa shape index (κ3) is 4.53. The summed E-state index contributed by atoms with van der Waals surface area (Å²) >= 11 is 6.05. The molecule has 0 bridgehead atoms. The first-order chi connectivity index (χ1) is 10.2. The molecule has 3 nitrogen and oxygen atoms in total. The molecule has 0 saturated heterocycles. The van der Waals surface area contributed by atoms with Crippen LogP contribution in [0.15, 0.2) is 35.1 Å². The highest BCUT2D eigenvalue weighted by molar-refractivity contribution is 14.1. The standard InChI is InChI=1S/C16H21BrIN3/c1-3-8-21-9-7-20-16(21)11-15(19-4-2)13-10-12(18)5-6-14(13)17/h5-7,9-10,15,19H,3-4,8,11H2,1-2H3. The van der Waals surface area contributed by atoms with Crippen LogP contribution >= 0.6 is 38.5 Å². The molecule has 2 aromatic rings. The van der Waals surface area contributed by atoms with Crippen LogP contribution in [0, 0.1) is 3.57 Å². The molecule has 0 aliphatic heterocycles. The number of benzene rings is 1. The Morgan fingerprint density at radius 1 is 1.38 bits per heavy atom. The molecule has 1 heterocycles. The van der Waals surface area contributed by atoms with E-state index in [9.17, 15) is 0 Å². The number of aryl methyl sites for hydroxylation is 1. The molecule has 0 spiro atoms. The van der Waals surface area contributed by atoms with Crippen LogP contribution in [0.5, 0.6) is 0 Å². The summed E-state index contributed by atoms with van der Waals surface area (Å²) in [6.07, 6.45) is 6.01. The Kier molecular flexibility index (Phi) is 6.70. The Hall–Kier alpha value is -0.400. The Balaban J connectivity index is 2.26. The third-order valence-electron chi connectivity index (χ3n) is 3.44. The van der Waals surface area contributed by atoms with Crippen molar-refractivity contribution in [3.63, 3.8) is 0 Å². The van der Waals surface area contributed by atoms with E-state index in [-0.39, 0.29) is 6.04 Å². The van der Waals surface area contributed by atoms with Gasteiger partial charge in [-0.15, -0.1) is 0 Å². The van der Waals surface area contributed by atoms with Crippen molar-refractivity contribution in [2.75, 3.05) is 6.54 Å². The highest BCUT2D eigenvalue weighted by Crippen LogP contribution is 2.27. The molecular formula is C16H21BrIN3. The molecule has 0 aliphatic carbocycles. The van der Waals surface area contributed by atoms with Crippen LogP contribution in [-0.4, -0.2) is 16.1 Å². The van der Waals surface area contributed by atoms with Gasteiger partial charge in [0.25, 0.3) is 0 Å². The van der Waals surface area contributed by atoms with Crippen LogP contribution < -0.4 is 5.32 Å². The van der Waals surface area contributed by atoms with Gasteiger partial charge in [0.05, 0.1) is 0 Å². The number of aromatic nitrogens is 2. The van der Waals surface area contributed by atoms with Gasteiger partial charge in [-0.2, -0.15) is 0 Å². The molecule has 1 unspecified atom stereocenters. The average molecular weight is 462 g/mol. The maximum Gasteiger partial charge on any atom is 0.110 e. The number of rotatable bonds is 7. The van der Waals surface area contributed by atoms with Crippen LogP contribution in [0.3, 0.4) is 0 Å². The van der Waals surface area contributed by atoms with E-state index in [1.807, 2.05) is 6.20 Å². The monoisotopic (exact) mass is 461 g/mol. The van der Waals surface area contributed by atoms with Crippen molar-refractivity contribution >= 4 is 38.5 Å². The fourth-order valence-corrected chi connectivity index (χ4v) is 3.52. The lowest BCUT2D eigenvalue weighted by Gasteiger charge is -2.20. The topological polar surface area (TPSA) is 29.9 Å². The molecule has 5 heteroatoms. The normalized spacial score (nSPS) is 12.6. The molecule has 1 aromatic carbocycles. The van der Waals surface area contributed by atoms with Crippen molar-refractivity contribution < 1.29 is 0 Å². The predicted molar refractivity (Wildman–Crippen MR) is 99.5 cm³/mol. The van der Waals surface area contributed by atoms with Crippen LogP contribution in [0.25, 0.3) is 0 Å². The van der Waals surface area contributed by atoms with Crippen LogP contribution in [0.4, 0.5) is 0 Å². The van der Waals surface area contributed by atoms with Crippen molar-refractivity contribution in [3.05, 3.63) is 50.0 Å². The van der Waals surface area contributed by atoms with Crippen molar-refractivity contribution in [3.8, 4) is 0 Å². The highest BCUT2D eigenvalue weighted by atomic mass is 127. The second kappa shape index (κ2) is 8.29. The summed E-state index contributed by atoms with van der Waals surface area (Å²) in [7, 11) is 0. The lowest BCUT2D eigenvalue weighted by atomic mass is 10.0. The molecule has 2 rings (SSSR count). The molecule has 1 N–H and O–H groups in total. The van der Waals surface area contributed by atoms with E-state index in [4.69, 9.17) is 0 Å². The van der Waals surface area contributed by atoms with Gasteiger partial charge in [-0.25, -0.2) is 4.98 Å². The summed E-state index contributed by atoms with van der Waals surface area (Å²) in [5.41, 5.74) is 1.30. The van der Waals surface area contributed by atoms with Gasteiger partial charge < -0.3 is 9.88 Å². The van der Waals surface area contributed by atoms with Gasteiger partial charge in [0.2, 0.25) is 0 Å². The summed E-state index contributed by atoms with van der Waals surface area (Å²) in [4.78, 5) is 4.54. The molecular weight excluding hydrogens is 441 g/mol. The summed E-state index contributed by atoms with van der Waals surface area (Å²) in [6.45, 7) is 6.31. The summed E-state index contributed by atoms with van der Waals surface area (Å²) in [5, 5.41) is 3.59. The summed E-state index contributed by atoms with van der Waals surface area (Å²) in [5.74, 6) is 1.15. The number of hydrogen-bond donors (Lipinski definition) is 1. The molecule has 1 atom stereocenters. The third-order valence-corrected chi connectivity index (χ3v) is 4.83. The van der Waals surface area contributed by atoms with E-state index >= 15 is 0 Å². The van der Waals surface area contributed by atoms with Crippen LogP contribution in [0.1, 0.15) is 37.7 Å². The van der Waals surface area contributed by atoms with Gasteiger partial charge in [0.15, 0.2) is 0 Å². The fraction of sp³-hybridized carbons (Fsp3) is 0.438. The van der Waals surface area contributed by atoms with E-state index in [2.05, 4.69) is 91.6 Å². The lowest BCUT2D eigenvalue weighted by Crippen LogP contribution is -2.25. The number of likely N-dealkylation sites (N-methyl/N-ethyl adjacent to an activating group) is 1. The van der Waals surface area contributed by atoms with Crippen molar-refractivity contribution in [1.29, 1.82) is 0 Å². The van der Waals surface area contributed by atoms with Gasteiger partial charge in [-0.1, -0.05) is 29.8 Å². The average Bonchev–Trinajstić information content (AvgIpc) is 2.89. The number of nitrogens with zero attached hydrogens (tertiary/aromatic N) is 2. The van der Waals surface area contributed by atoms with Crippen molar-refractivity contribution in [2.45, 2.75) is 39.3 Å². The minimum Gasteiger partial charge on any atom is -0.335 e. The minimum atomic E-state index is 0.275. The van der Waals surface area contributed by atoms with Crippen molar-refractivity contribution in [1.82, 2.24) is 14.9 Å². The zero-order valence-electron chi connectivity index (χ0n) is 12.4. The quantitative estimate of drug-likeness (QED) is 0.613. The molecule has 0 fully saturated rings. The van der Waals surface area contributed by atoms with Gasteiger partial charge in [-0.3, -0.25) is 0 Å². The SMILES string of the molecule is CCCn1ccnc1CC(NCC)c1cc(I)ccc1Br. The van der Waals surface area contributed by atoms with Crippen LogP contribution in [0.2, 0.25) is 0 Å². The van der Waals surface area contributed by atoms with Gasteiger partial charge in [0, 0.05) is 39.4 Å². The molecule has 1 aromatic heterocycles. The van der Waals surface area contributed by atoms with Crippen molar-refractivity contribution in [2.24, 2.45) is 0 Å². The number of hydrogen-bond acceptors (Lipinski definition) is 2. The highest BCUT2D eigenvalue weighted by Gasteiger charge is 2.17. The largest absolute Gasteiger partial charge is 0.335 e. The minimum absolute atomic E-state index is 0.275. The van der Waals surface area contributed by atoms with Crippen LogP contribution in [-0.2, 0) is 13.0 Å². The summed E-state index contributed by atoms with van der Waals surface area (Å²) < 4.78 is 4.67. The second-order valence-electron chi connectivity index (χ2n) is 5.02. The molecule has 0 radical (unpaired) electrons. The second-order valence-corrected chi connectivity index (χ2v) is 7.12. The zero-order chi connectivity index (χ0) is 15.2. The fourth-order valence-electron chi connectivity index (χ4n) is 2.48. The van der Waals surface area contributed by atoms with Gasteiger partial charge in [-0.05, 0) is 59.3 Å². The first-order valence-electron chi connectivity index (χ1n) is 7.34. The number of nitrogens with one attached hydrogen (secondary N) is 1. The Labute approximate surface area is 148 Å². The van der Waals surface area contributed by atoms with E-state index in [1.165, 1.54) is 9.13 Å². The molecule has 114 valence electrons. The lowest BCUT2D eigenvalue weighted by molar-refractivity contribution is 0.514. The Morgan fingerprint density at radius 2 is 2.19 bits per heavy atom. The number of halogens is 2. The van der Waals surface area contributed by atoms with E-state index < -0.39 is 0 Å². The molecule has 0 amide bonds. The Bertz CT molecular complexity index is 583. The van der Waals surface area contributed by atoms with E-state index in [1.54, 1.807) is 0 Å². The molecule has 21 heavy (non-hydrogen) atoms. The smallest absolute Gasteiger partial charge is 0.110 e. The first-order valence-corrected chi connectivity index (χ1v) is 9.21. The van der Waals surface area contributed by atoms with E-state index in [0.717, 1.165) is 36.2 Å². The molecule has 0 saturated carbocycles. The van der Waals surface area contributed by atoms with Gasteiger partial charge >= 0.3 is 0 Å². The Morgan fingerprint density at radius 3 is 2.90 bits per heavy atom.